The molecule has 0 radical (unpaired) electrons. The minimum atomic E-state index is -0.00435. The van der Waals surface area contributed by atoms with Gasteiger partial charge in [-0.25, -0.2) is 4.79 Å². The van der Waals surface area contributed by atoms with E-state index >= 15 is 0 Å². The summed E-state index contributed by atoms with van der Waals surface area (Å²) in [4.78, 5) is 14.1. The SMILES string of the molecule is CC(C)(C)c1cc(/C=C/c2ccccc2)cc(N2CCCNC2=O)c1. The van der Waals surface area contributed by atoms with Crippen LogP contribution in [-0.2, 0) is 5.41 Å². The number of rotatable bonds is 3. The van der Waals surface area contributed by atoms with E-state index < -0.39 is 0 Å². The molecule has 0 aromatic heterocycles. The van der Waals surface area contributed by atoms with E-state index in [-0.39, 0.29) is 11.4 Å². The molecule has 1 aliphatic rings. The third-order valence-electron chi connectivity index (χ3n) is 4.47. The van der Waals surface area contributed by atoms with Crippen molar-refractivity contribution in [1.82, 2.24) is 5.32 Å². The lowest BCUT2D eigenvalue weighted by Crippen LogP contribution is -2.46. The molecule has 1 N–H and O–H groups in total. The van der Waals surface area contributed by atoms with E-state index in [2.05, 4.69) is 68.6 Å². The third-order valence-corrected chi connectivity index (χ3v) is 4.47. The second-order valence-electron chi connectivity index (χ2n) is 7.54. The minimum absolute atomic E-state index is 0.00435. The average molecular weight is 334 g/mol. The van der Waals surface area contributed by atoms with Gasteiger partial charge in [0, 0.05) is 18.8 Å². The maximum absolute atomic E-state index is 12.2. The monoisotopic (exact) mass is 334 g/mol. The van der Waals surface area contributed by atoms with E-state index in [1.54, 1.807) is 0 Å². The van der Waals surface area contributed by atoms with Gasteiger partial charge >= 0.3 is 6.03 Å². The molecule has 0 aliphatic carbocycles. The molecule has 0 unspecified atom stereocenters. The van der Waals surface area contributed by atoms with E-state index in [4.69, 9.17) is 0 Å². The van der Waals surface area contributed by atoms with Crippen LogP contribution in [0.4, 0.5) is 10.5 Å². The van der Waals surface area contributed by atoms with Gasteiger partial charge in [0.15, 0.2) is 0 Å². The predicted molar refractivity (Wildman–Crippen MR) is 106 cm³/mol. The standard InChI is InChI=1S/C22H26N2O/c1-22(2,3)19-14-18(11-10-17-8-5-4-6-9-17)15-20(16-19)24-13-7-12-23-21(24)25/h4-6,8-11,14-16H,7,12-13H2,1-3H3,(H,23,25)/b11-10+. The zero-order chi connectivity index (χ0) is 17.9. The highest BCUT2D eigenvalue weighted by Crippen LogP contribution is 2.30. The molecule has 2 aromatic rings. The molecule has 1 heterocycles. The normalized spacial score (nSPS) is 15.5. The van der Waals surface area contributed by atoms with Crippen molar-refractivity contribution < 1.29 is 4.79 Å². The quantitative estimate of drug-likeness (QED) is 0.781. The summed E-state index contributed by atoms with van der Waals surface area (Å²) in [6.07, 6.45) is 5.21. The van der Waals surface area contributed by atoms with Gasteiger partial charge < -0.3 is 5.32 Å². The van der Waals surface area contributed by atoms with Gasteiger partial charge in [-0.1, -0.05) is 69.3 Å². The maximum Gasteiger partial charge on any atom is 0.321 e. The van der Waals surface area contributed by atoms with Crippen molar-refractivity contribution in [3.05, 3.63) is 65.2 Å². The summed E-state index contributed by atoms with van der Waals surface area (Å²) >= 11 is 0. The van der Waals surface area contributed by atoms with Crippen molar-refractivity contribution in [1.29, 1.82) is 0 Å². The molecule has 3 nitrogen and oxygen atoms in total. The van der Waals surface area contributed by atoms with Crippen LogP contribution < -0.4 is 10.2 Å². The Morgan fingerprint density at radius 3 is 2.40 bits per heavy atom. The summed E-state index contributed by atoms with van der Waals surface area (Å²) in [6.45, 7) is 8.13. The summed E-state index contributed by atoms with van der Waals surface area (Å²) in [5.74, 6) is 0. The third kappa shape index (κ3) is 4.30. The van der Waals surface area contributed by atoms with Crippen molar-refractivity contribution in [2.75, 3.05) is 18.0 Å². The van der Waals surface area contributed by atoms with Gasteiger partial charge in [0.1, 0.15) is 0 Å². The molecule has 2 amide bonds. The summed E-state index contributed by atoms with van der Waals surface area (Å²) < 4.78 is 0. The molecule has 25 heavy (non-hydrogen) atoms. The fraction of sp³-hybridized carbons (Fsp3) is 0.318. The van der Waals surface area contributed by atoms with Crippen molar-refractivity contribution >= 4 is 23.9 Å². The fourth-order valence-corrected chi connectivity index (χ4v) is 2.95. The van der Waals surface area contributed by atoms with Crippen LogP contribution in [-0.4, -0.2) is 19.1 Å². The van der Waals surface area contributed by atoms with Crippen LogP contribution >= 0.6 is 0 Å². The number of hydrogen-bond donors (Lipinski definition) is 1. The summed E-state index contributed by atoms with van der Waals surface area (Å²) in [6, 6.07) is 16.7. The van der Waals surface area contributed by atoms with Crippen LogP contribution in [0.15, 0.2) is 48.5 Å². The van der Waals surface area contributed by atoms with Crippen molar-refractivity contribution in [3.8, 4) is 0 Å². The average Bonchev–Trinajstić information content (AvgIpc) is 2.60. The van der Waals surface area contributed by atoms with E-state index in [9.17, 15) is 4.79 Å². The highest BCUT2D eigenvalue weighted by molar-refractivity contribution is 5.93. The molecule has 1 fully saturated rings. The molecule has 1 saturated heterocycles. The summed E-state index contributed by atoms with van der Waals surface area (Å²) in [5.41, 5.74) is 4.51. The number of nitrogens with one attached hydrogen (secondary N) is 1. The topological polar surface area (TPSA) is 32.3 Å². The zero-order valence-corrected chi connectivity index (χ0v) is 15.3. The van der Waals surface area contributed by atoms with Crippen molar-refractivity contribution in [2.45, 2.75) is 32.6 Å². The molecule has 1 aliphatic heterocycles. The second-order valence-corrected chi connectivity index (χ2v) is 7.54. The van der Waals surface area contributed by atoms with Gasteiger partial charge in [0.25, 0.3) is 0 Å². The Labute approximate surface area is 150 Å². The van der Waals surface area contributed by atoms with Crippen LogP contribution in [0.2, 0.25) is 0 Å². The predicted octanol–water partition coefficient (Wildman–Crippen LogP) is 5.07. The van der Waals surface area contributed by atoms with Gasteiger partial charge in [-0.2, -0.15) is 0 Å². The van der Waals surface area contributed by atoms with E-state index in [1.807, 2.05) is 23.1 Å². The molecule has 0 bridgehead atoms. The number of amides is 2. The van der Waals surface area contributed by atoms with Crippen LogP contribution in [0.3, 0.4) is 0 Å². The molecule has 3 heteroatoms. The first kappa shape index (κ1) is 17.3. The Morgan fingerprint density at radius 2 is 1.72 bits per heavy atom. The number of urea groups is 1. The van der Waals surface area contributed by atoms with Crippen LogP contribution in [0, 0.1) is 0 Å². The lowest BCUT2D eigenvalue weighted by Gasteiger charge is -2.29. The van der Waals surface area contributed by atoms with Gasteiger partial charge in [-0.3, -0.25) is 4.90 Å². The number of carbonyl (C=O) groups is 1. The zero-order valence-electron chi connectivity index (χ0n) is 15.3. The van der Waals surface area contributed by atoms with Gasteiger partial charge in [-0.15, -0.1) is 0 Å². The summed E-state index contributed by atoms with van der Waals surface area (Å²) in [7, 11) is 0. The molecule has 3 rings (SSSR count). The Balaban J connectivity index is 1.98. The summed E-state index contributed by atoms with van der Waals surface area (Å²) in [5, 5.41) is 2.94. The minimum Gasteiger partial charge on any atom is -0.338 e. The first-order valence-corrected chi connectivity index (χ1v) is 8.87. The highest BCUT2D eigenvalue weighted by atomic mass is 16.2. The Bertz CT molecular complexity index is 772. The maximum atomic E-state index is 12.2. The fourth-order valence-electron chi connectivity index (χ4n) is 2.95. The van der Waals surface area contributed by atoms with E-state index in [0.717, 1.165) is 30.8 Å². The lowest BCUT2D eigenvalue weighted by molar-refractivity contribution is 0.243. The number of benzene rings is 2. The Hall–Kier alpha value is -2.55. The Morgan fingerprint density at radius 1 is 1.00 bits per heavy atom. The van der Waals surface area contributed by atoms with Gasteiger partial charge in [0.05, 0.1) is 0 Å². The molecular formula is C22H26N2O. The number of anilines is 1. The smallest absolute Gasteiger partial charge is 0.321 e. The molecule has 2 aromatic carbocycles. The first-order chi connectivity index (χ1) is 11.9. The molecular weight excluding hydrogens is 308 g/mol. The highest BCUT2D eigenvalue weighted by Gasteiger charge is 2.22. The van der Waals surface area contributed by atoms with Crippen LogP contribution in [0.1, 0.15) is 43.9 Å². The largest absolute Gasteiger partial charge is 0.338 e. The molecule has 0 saturated carbocycles. The van der Waals surface area contributed by atoms with Crippen molar-refractivity contribution in [2.24, 2.45) is 0 Å². The molecule has 0 spiro atoms. The van der Waals surface area contributed by atoms with Gasteiger partial charge in [0.2, 0.25) is 0 Å². The second kappa shape index (κ2) is 7.14. The first-order valence-electron chi connectivity index (χ1n) is 8.87. The Kier molecular flexibility index (Phi) is 4.93. The van der Waals surface area contributed by atoms with E-state index in [0.29, 0.717) is 0 Å². The molecule has 130 valence electrons. The van der Waals surface area contributed by atoms with Crippen molar-refractivity contribution in [3.63, 3.8) is 0 Å². The van der Waals surface area contributed by atoms with Crippen LogP contribution in [0.25, 0.3) is 12.2 Å². The number of carbonyl (C=O) groups excluding carboxylic acids is 1. The van der Waals surface area contributed by atoms with Crippen LogP contribution in [0.5, 0.6) is 0 Å². The van der Waals surface area contributed by atoms with E-state index in [1.165, 1.54) is 11.1 Å². The molecule has 0 atom stereocenters. The number of hydrogen-bond acceptors (Lipinski definition) is 1. The van der Waals surface area contributed by atoms with Gasteiger partial charge in [-0.05, 0) is 40.7 Å². The lowest BCUT2D eigenvalue weighted by atomic mass is 9.85. The number of nitrogens with zero attached hydrogens (tertiary/aromatic N) is 1.